The first-order chi connectivity index (χ1) is 15.0. The molecule has 0 spiro atoms. The van der Waals surface area contributed by atoms with Crippen molar-refractivity contribution in [3.8, 4) is 0 Å². The largest absolute Gasteiger partial charge is 0.380 e. The van der Waals surface area contributed by atoms with E-state index in [1.165, 1.54) is 4.68 Å². The molecule has 7 nitrogen and oxygen atoms in total. The summed E-state index contributed by atoms with van der Waals surface area (Å²) < 4.78 is 1.59. The molecule has 1 saturated carbocycles. The Kier molecular flexibility index (Phi) is 7.43. The zero-order chi connectivity index (χ0) is 23.6. The number of nitrogens with zero attached hydrogens (tertiary/aromatic N) is 3. The van der Waals surface area contributed by atoms with Gasteiger partial charge in [0.05, 0.1) is 17.9 Å². The number of nitrogens with one attached hydrogen (secondary N) is 2. The molecule has 2 heterocycles. The van der Waals surface area contributed by atoms with Gasteiger partial charge in [0, 0.05) is 18.4 Å². The monoisotopic (exact) mass is 503 g/mol. The lowest BCUT2D eigenvalue weighted by Crippen LogP contribution is -2.48. The highest BCUT2D eigenvalue weighted by Gasteiger charge is 2.43. The molecule has 174 valence electrons. The SMILES string of the molecule is C[C@@H]1[C@@H](C)C(C)(C)[C@@H](C)C[C@H]1Nc1cnn(CC(=O)N[C@@H](C)c2ccncc2)c(=O)c1Br. The summed E-state index contributed by atoms with van der Waals surface area (Å²) in [4.78, 5) is 29.3. The Morgan fingerprint density at radius 3 is 2.59 bits per heavy atom. The first-order valence-electron chi connectivity index (χ1n) is 11.2. The molecule has 1 fully saturated rings. The summed E-state index contributed by atoms with van der Waals surface area (Å²) in [6.07, 6.45) is 6.03. The summed E-state index contributed by atoms with van der Waals surface area (Å²) in [7, 11) is 0. The van der Waals surface area contributed by atoms with Crippen molar-refractivity contribution in [1.82, 2.24) is 20.1 Å². The Hall–Kier alpha value is -2.22. The normalized spacial score (nSPS) is 25.7. The molecule has 1 amide bonds. The van der Waals surface area contributed by atoms with Gasteiger partial charge in [-0.2, -0.15) is 5.10 Å². The number of pyridine rings is 1. The fourth-order valence-corrected chi connectivity index (χ4v) is 5.02. The molecule has 8 heteroatoms. The Bertz CT molecular complexity index is 1010. The molecule has 2 aromatic heterocycles. The standard InChI is InChI=1S/C24H34BrN5O2/c1-14-11-19(15(2)16(3)24(14,5)6)29-20-12-27-30(23(32)22(20)25)13-21(31)28-17(4)18-7-9-26-10-8-18/h7-10,12,14-17,19,29H,11,13H2,1-6H3,(H,28,31)/t14-,15+,16+,17-,19+/m0/s1. The van der Waals surface area contributed by atoms with Crippen molar-refractivity contribution in [3.63, 3.8) is 0 Å². The van der Waals surface area contributed by atoms with Gasteiger partial charge in [0.1, 0.15) is 11.0 Å². The number of hydrogen-bond acceptors (Lipinski definition) is 5. The van der Waals surface area contributed by atoms with Crippen molar-refractivity contribution in [2.75, 3.05) is 5.32 Å². The van der Waals surface area contributed by atoms with Gasteiger partial charge in [-0.15, -0.1) is 0 Å². The third-order valence-electron chi connectivity index (χ3n) is 7.68. The van der Waals surface area contributed by atoms with E-state index in [-0.39, 0.29) is 35.5 Å². The van der Waals surface area contributed by atoms with Crippen LogP contribution in [-0.4, -0.2) is 26.7 Å². The van der Waals surface area contributed by atoms with Gasteiger partial charge >= 0.3 is 0 Å². The lowest BCUT2D eigenvalue weighted by molar-refractivity contribution is -0.122. The minimum atomic E-state index is -0.327. The summed E-state index contributed by atoms with van der Waals surface area (Å²) in [6.45, 7) is 13.3. The number of carbonyl (C=O) groups is 1. The Labute approximate surface area is 198 Å². The number of anilines is 1. The van der Waals surface area contributed by atoms with Crippen LogP contribution in [0, 0.1) is 23.2 Å². The zero-order valence-corrected chi connectivity index (χ0v) is 21.3. The van der Waals surface area contributed by atoms with Crippen molar-refractivity contribution >= 4 is 27.5 Å². The van der Waals surface area contributed by atoms with E-state index in [4.69, 9.17) is 0 Å². The molecule has 2 N–H and O–H groups in total. The molecule has 0 saturated heterocycles. The maximum absolute atomic E-state index is 12.9. The first-order valence-corrected chi connectivity index (χ1v) is 12.0. The van der Waals surface area contributed by atoms with Crippen molar-refractivity contribution in [3.05, 3.63) is 51.1 Å². The van der Waals surface area contributed by atoms with E-state index in [9.17, 15) is 9.59 Å². The molecule has 0 aliphatic heterocycles. The molecule has 3 rings (SSSR count). The van der Waals surface area contributed by atoms with E-state index in [2.05, 4.69) is 71.3 Å². The van der Waals surface area contributed by atoms with E-state index in [0.717, 1.165) is 12.0 Å². The maximum Gasteiger partial charge on any atom is 0.283 e. The third kappa shape index (κ3) is 5.05. The highest BCUT2D eigenvalue weighted by atomic mass is 79.9. The number of amides is 1. The van der Waals surface area contributed by atoms with E-state index < -0.39 is 0 Å². The minimum Gasteiger partial charge on any atom is -0.380 e. The second-order valence-electron chi connectivity index (χ2n) is 9.76. The van der Waals surface area contributed by atoms with Gasteiger partial charge in [-0.1, -0.05) is 34.6 Å². The second kappa shape index (κ2) is 9.73. The molecule has 0 bridgehead atoms. The van der Waals surface area contributed by atoms with Crippen molar-refractivity contribution in [2.45, 2.75) is 66.6 Å². The number of hydrogen-bond donors (Lipinski definition) is 2. The van der Waals surface area contributed by atoms with Crippen LogP contribution in [0.3, 0.4) is 0 Å². The van der Waals surface area contributed by atoms with E-state index in [0.29, 0.717) is 27.9 Å². The fourth-order valence-electron chi connectivity index (χ4n) is 4.60. The summed E-state index contributed by atoms with van der Waals surface area (Å²) in [5.41, 5.74) is 1.57. The maximum atomic E-state index is 12.9. The number of halogens is 1. The van der Waals surface area contributed by atoms with Gasteiger partial charge in [0.15, 0.2) is 0 Å². The molecule has 1 aliphatic carbocycles. The third-order valence-corrected chi connectivity index (χ3v) is 8.44. The molecule has 5 atom stereocenters. The summed E-state index contributed by atoms with van der Waals surface area (Å²) >= 11 is 3.43. The van der Waals surface area contributed by atoms with Crippen LogP contribution in [0.25, 0.3) is 0 Å². The van der Waals surface area contributed by atoms with Crippen LogP contribution in [0.5, 0.6) is 0 Å². The lowest BCUT2D eigenvalue weighted by atomic mass is 9.58. The summed E-state index contributed by atoms with van der Waals surface area (Å²) in [6, 6.07) is 3.76. The van der Waals surface area contributed by atoms with Crippen LogP contribution < -0.4 is 16.2 Å². The second-order valence-corrected chi connectivity index (χ2v) is 10.6. The summed E-state index contributed by atoms with van der Waals surface area (Å²) in [5, 5.41) is 10.7. The van der Waals surface area contributed by atoms with Gasteiger partial charge in [0.2, 0.25) is 5.91 Å². The molecule has 0 radical (unpaired) electrons. The molecule has 0 unspecified atom stereocenters. The highest BCUT2D eigenvalue weighted by molar-refractivity contribution is 9.10. The van der Waals surface area contributed by atoms with Crippen LogP contribution in [-0.2, 0) is 11.3 Å². The molecule has 1 aliphatic rings. The number of aromatic nitrogens is 3. The quantitative estimate of drug-likeness (QED) is 0.609. The molecule has 0 aromatic carbocycles. The predicted octanol–water partition coefficient (Wildman–Crippen LogP) is 4.40. The minimum absolute atomic E-state index is 0.144. The van der Waals surface area contributed by atoms with E-state index in [1.807, 2.05) is 19.1 Å². The van der Waals surface area contributed by atoms with Gasteiger partial charge in [-0.05, 0) is 70.1 Å². The predicted molar refractivity (Wildman–Crippen MR) is 130 cm³/mol. The highest BCUT2D eigenvalue weighted by Crippen LogP contribution is 2.48. The van der Waals surface area contributed by atoms with Gasteiger partial charge < -0.3 is 10.6 Å². The smallest absolute Gasteiger partial charge is 0.283 e. The van der Waals surface area contributed by atoms with Crippen LogP contribution in [0.2, 0.25) is 0 Å². The van der Waals surface area contributed by atoms with Crippen molar-refractivity contribution < 1.29 is 4.79 Å². The lowest BCUT2D eigenvalue weighted by Gasteiger charge is -2.50. The van der Waals surface area contributed by atoms with Gasteiger partial charge in [0.25, 0.3) is 5.56 Å². The average molecular weight is 504 g/mol. The topological polar surface area (TPSA) is 88.9 Å². The Morgan fingerprint density at radius 1 is 1.28 bits per heavy atom. The van der Waals surface area contributed by atoms with Crippen LogP contribution in [0.1, 0.15) is 59.6 Å². The van der Waals surface area contributed by atoms with Gasteiger partial charge in [-0.25, -0.2) is 4.68 Å². The van der Waals surface area contributed by atoms with E-state index >= 15 is 0 Å². The van der Waals surface area contributed by atoms with Crippen LogP contribution in [0.15, 0.2) is 40.0 Å². The van der Waals surface area contributed by atoms with Crippen LogP contribution in [0.4, 0.5) is 5.69 Å². The summed E-state index contributed by atoms with van der Waals surface area (Å²) in [5.74, 6) is 1.28. The average Bonchev–Trinajstić information content (AvgIpc) is 2.76. The van der Waals surface area contributed by atoms with Crippen LogP contribution >= 0.6 is 15.9 Å². The Balaban J connectivity index is 1.69. The molecular formula is C24H34BrN5O2. The zero-order valence-electron chi connectivity index (χ0n) is 19.7. The number of rotatable bonds is 6. The molecule has 2 aromatic rings. The van der Waals surface area contributed by atoms with E-state index in [1.54, 1.807) is 18.6 Å². The van der Waals surface area contributed by atoms with Crippen molar-refractivity contribution in [1.29, 1.82) is 0 Å². The number of carbonyl (C=O) groups excluding carboxylic acids is 1. The van der Waals surface area contributed by atoms with Gasteiger partial charge in [-0.3, -0.25) is 14.6 Å². The first kappa shape index (κ1) is 24.4. The molecular weight excluding hydrogens is 470 g/mol. The Morgan fingerprint density at radius 2 is 1.94 bits per heavy atom. The molecule has 32 heavy (non-hydrogen) atoms. The fraction of sp³-hybridized carbons (Fsp3) is 0.583. The van der Waals surface area contributed by atoms with Crippen molar-refractivity contribution in [2.24, 2.45) is 23.2 Å².